The monoisotopic (exact) mass is 510 g/mol. The number of hydrogen-bond donors (Lipinski definition) is 3. The Labute approximate surface area is 201 Å². The number of fused-ring (bicyclic) bond motifs is 1. The Balaban J connectivity index is 0.00000342. The zero-order chi connectivity index (χ0) is 24.3. The van der Waals surface area contributed by atoms with Gasteiger partial charge in [-0.1, -0.05) is 18.2 Å². The average Bonchev–Trinajstić information content (AvgIpc) is 3.24. The number of rotatable bonds is 7. The normalized spacial score (nSPS) is 12.1. The van der Waals surface area contributed by atoms with E-state index in [2.05, 4.69) is 25.4 Å². The van der Waals surface area contributed by atoms with Gasteiger partial charge in [0.25, 0.3) is 5.91 Å². The zero-order valence-electron chi connectivity index (χ0n) is 17.7. The number of carbonyl (C=O) groups is 1. The largest absolute Gasteiger partial charge is 0.474 e. The van der Waals surface area contributed by atoms with Crippen LogP contribution < -0.4 is 10.1 Å². The van der Waals surface area contributed by atoms with Crippen LogP contribution >= 0.6 is 12.4 Å². The van der Waals surface area contributed by atoms with Crippen LogP contribution in [0, 0.1) is 0 Å². The van der Waals surface area contributed by atoms with Gasteiger partial charge in [0.2, 0.25) is 5.88 Å². The number of imidazole rings is 1. The van der Waals surface area contributed by atoms with Crippen LogP contribution in [0.1, 0.15) is 16.1 Å². The Bertz CT molecular complexity index is 1330. The van der Waals surface area contributed by atoms with Crippen LogP contribution in [0.2, 0.25) is 0 Å². The highest BCUT2D eigenvalue weighted by atomic mass is 35.5. The predicted molar refractivity (Wildman–Crippen MR) is 119 cm³/mol. The lowest BCUT2D eigenvalue weighted by molar-refractivity contribution is -0.137. The zero-order valence-corrected chi connectivity index (χ0v) is 18.5. The molecule has 184 valence electrons. The van der Waals surface area contributed by atoms with E-state index in [4.69, 9.17) is 9.84 Å². The van der Waals surface area contributed by atoms with E-state index < -0.39 is 30.4 Å². The quantitative estimate of drug-likeness (QED) is 0.345. The van der Waals surface area contributed by atoms with Crippen molar-refractivity contribution < 1.29 is 32.9 Å². The second kappa shape index (κ2) is 10.6. The summed E-state index contributed by atoms with van der Waals surface area (Å²) in [5.74, 6) is -0.664. The third kappa shape index (κ3) is 5.82. The molecule has 0 aliphatic carbocycles. The second-order valence-electron chi connectivity index (χ2n) is 7.02. The van der Waals surface area contributed by atoms with Crippen molar-refractivity contribution >= 4 is 29.8 Å². The number of alkyl halides is 3. The van der Waals surface area contributed by atoms with Gasteiger partial charge in [0.1, 0.15) is 12.7 Å². The molecule has 35 heavy (non-hydrogen) atoms. The minimum atomic E-state index is -4.57. The van der Waals surface area contributed by atoms with Gasteiger partial charge < -0.3 is 20.3 Å². The summed E-state index contributed by atoms with van der Waals surface area (Å²) in [6.07, 6.45) is -2.00. The van der Waals surface area contributed by atoms with E-state index in [9.17, 15) is 23.1 Å². The smallest absolute Gasteiger partial charge is 0.417 e. The van der Waals surface area contributed by atoms with Gasteiger partial charge in [-0.05, 0) is 18.2 Å². The Hall–Kier alpha value is -3.81. The van der Waals surface area contributed by atoms with Gasteiger partial charge in [0, 0.05) is 5.56 Å². The number of nitrogens with one attached hydrogen (secondary N) is 1. The minimum Gasteiger partial charge on any atom is -0.474 e. The molecule has 4 rings (SSSR count). The molecule has 3 aromatic heterocycles. The first-order valence-corrected chi connectivity index (χ1v) is 9.83. The molecule has 3 heterocycles. The molecule has 3 N–H and O–H groups in total. The van der Waals surface area contributed by atoms with Gasteiger partial charge in [-0.3, -0.25) is 9.78 Å². The van der Waals surface area contributed by atoms with Crippen molar-refractivity contribution in [1.29, 1.82) is 0 Å². The summed E-state index contributed by atoms with van der Waals surface area (Å²) in [5, 5.41) is 25.0. The van der Waals surface area contributed by atoms with Gasteiger partial charge in [0.05, 0.1) is 36.5 Å². The van der Waals surface area contributed by atoms with Crippen molar-refractivity contribution in [2.75, 3.05) is 18.5 Å². The van der Waals surface area contributed by atoms with Crippen molar-refractivity contribution in [2.45, 2.75) is 12.3 Å². The molecule has 0 unspecified atom stereocenters. The molecule has 0 fully saturated rings. The average molecular weight is 511 g/mol. The number of ether oxygens (including phenoxy) is 1. The van der Waals surface area contributed by atoms with Crippen molar-refractivity contribution in [3.05, 3.63) is 66.2 Å². The van der Waals surface area contributed by atoms with Gasteiger partial charge in [-0.2, -0.15) is 22.8 Å². The topological polar surface area (TPSA) is 135 Å². The maximum atomic E-state index is 13.4. The number of aliphatic hydroxyl groups excluding tert-OH is 2. The Morgan fingerprint density at radius 3 is 2.66 bits per heavy atom. The SMILES string of the molecule is Cl.O=C(Nc1cnc2ccc(-c3ccccc3C(F)(F)F)nn12)c1cncc(OC[C@@H](O)CO)n1. The molecule has 0 saturated heterocycles. The molecule has 0 radical (unpaired) electrons. The molecule has 0 aliphatic heterocycles. The molecule has 0 aliphatic rings. The molecule has 0 spiro atoms. The molecule has 1 amide bonds. The fourth-order valence-electron chi connectivity index (χ4n) is 3.00. The van der Waals surface area contributed by atoms with E-state index in [0.717, 1.165) is 6.07 Å². The first kappa shape index (κ1) is 25.8. The molecule has 4 aromatic rings. The van der Waals surface area contributed by atoms with E-state index in [1.165, 1.54) is 53.4 Å². The molecule has 1 atom stereocenters. The third-order valence-corrected chi connectivity index (χ3v) is 4.59. The molecule has 0 saturated carbocycles. The summed E-state index contributed by atoms with van der Waals surface area (Å²) in [4.78, 5) is 24.6. The van der Waals surface area contributed by atoms with Crippen LogP contribution in [-0.4, -0.2) is 60.0 Å². The number of hydrogen-bond acceptors (Lipinski definition) is 8. The third-order valence-electron chi connectivity index (χ3n) is 4.59. The van der Waals surface area contributed by atoms with Crippen LogP contribution in [0.3, 0.4) is 0 Å². The molecule has 0 bridgehead atoms. The molecular weight excluding hydrogens is 493 g/mol. The van der Waals surface area contributed by atoms with Gasteiger partial charge in [-0.15, -0.1) is 12.4 Å². The number of halogens is 4. The lowest BCUT2D eigenvalue weighted by atomic mass is 10.0. The predicted octanol–water partition coefficient (Wildman–Crippen LogP) is 2.61. The summed E-state index contributed by atoms with van der Waals surface area (Å²) in [7, 11) is 0. The number of nitrogens with zero attached hydrogens (tertiary/aromatic N) is 5. The highest BCUT2D eigenvalue weighted by Gasteiger charge is 2.33. The Morgan fingerprint density at radius 2 is 1.91 bits per heavy atom. The summed E-state index contributed by atoms with van der Waals surface area (Å²) < 4.78 is 46.6. The highest BCUT2D eigenvalue weighted by molar-refractivity contribution is 6.02. The van der Waals surface area contributed by atoms with Crippen LogP contribution in [0.5, 0.6) is 5.88 Å². The molecule has 1 aromatic carbocycles. The van der Waals surface area contributed by atoms with E-state index in [0.29, 0.717) is 5.65 Å². The summed E-state index contributed by atoms with van der Waals surface area (Å²) in [6.45, 7) is -0.764. The first-order chi connectivity index (χ1) is 16.3. The van der Waals surface area contributed by atoms with Gasteiger partial charge in [-0.25, -0.2) is 9.97 Å². The standard InChI is InChI=1S/C21H17F3N6O4.ClH/c22-21(23,24)14-4-2-1-3-13(14)15-5-6-17-26-8-18(30(17)29-15)28-20(33)16-7-25-9-19(27-16)34-11-12(32)10-31;/h1-9,12,31-32H,10-11H2,(H,28,33);1H/t12-;/m0./s1. The van der Waals surface area contributed by atoms with Crippen LogP contribution in [0.15, 0.2) is 55.0 Å². The molecule has 10 nitrogen and oxygen atoms in total. The van der Waals surface area contributed by atoms with Crippen molar-refractivity contribution in [1.82, 2.24) is 24.6 Å². The summed E-state index contributed by atoms with van der Waals surface area (Å²) >= 11 is 0. The van der Waals surface area contributed by atoms with E-state index >= 15 is 0 Å². The first-order valence-electron chi connectivity index (χ1n) is 9.83. The van der Waals surface area contributed by atoms with Crippen molar-refractivity contribution in [3.63, 3.8) is 0 Å². The van der Waals surface area contributed by atoms with Crippen molar-refractivity contribution in [3.8, 4) is 17.1 Å². The Morgan fingerprint density at radius 1 is 1.14 bits per heavy atom. The summed E-state index contributed by atoms with van der Waals surface area (Å²) in [6, 6.07) is 7.92. The maximum Gasteiger partial charge on any atom is 0.417 e. The van der Waals surface area contributed by atoms with Crippen LogP contribution in [0.25, 0.3) is 16.9 Å². The second-order valence-corrected chi connectivity index (χ2v) is 7.02. The highest BCUT2D eigenvalue weighted by Crippen LogP contribution is 2.36. The fraction of sp³-hybridized carbons (Fsp3) is 0.190. The maximum absolute atomic E-state index is 13.4. The van der Waals surface area contributed by atoms with E-state index in [-0.39, 0.29) is 47.7 Å². The van der Waals surface area contributed by atoms with Gasteiger partial charge >= 0.3 is 6.18 Å². The number of amides is 1. The summed E-state index contributed by atoms with van der Waals surface area (Å²) in [5.41, 5.74) is -0.768. The van der Waals surface area contributed by atoms with E-state index in [1.807, 2.05) is 0 Å². The van der Waals surface area contributed by atoms with Crippen LogP contribution in [0.4, 0.5) is 19.0 Å². The van der Waals surface area contributed by atoms with Gasteiger partial charge in [0.15, 0.2) is 17.2 Å². The molecular formula is C21H18ClF3N6O4. The van der Waals surface area contributed by atoms with Crippen LogP contribution in [-0.2, 0) is 6.18 Å². The number of carbonyl (C=O) groups excluding carboxylic acids is 1. The minimum absolute atomic E-state index is 0. The number of benzene rings is 1. The van der Waals surface area contributed by atoms with E-state index in [1.54, 1.807) is 0 Å². The molecule has 14 heteroatoms. The number of aliphatic hydroxyl groups is 2. The Kier molecular flexibility index (Phi) is 7.84. The fourth-order valence-corrected chi connectivity index (χ4v) is 3.00. The number of anilines is 1. The lowest BCUT2D eigenvalue weighted by Crippen LogP contribution is -2.22. The number of aromatic nitrogens is 5. The van der Waals surface area contributed by atoms with Crippen molar-refractivity contribution in [2.24, 2.45) is 0 Å². The lowest BCUT2D eigenvalue weighted by Gasteiger charge is -2.12.